The molecule has 15 heavy (non-hydrogen) atoms. The van der Waals surface area contributed by atoms with Gasteiger partial charge < -0.3 is 24.4 Å². The quantitative estimate of drug-likeness (QED) is 0.516. The second kappa shape index (κ2) is 8.82. The first-order chi connectivity index (χ1) is 7.24. The van der Waals surface area contributed by atoms with Crippen LogP contribution in [-0.4, -0.2) is 62.6 Å². The SMILES string of the molecule is C=CCO[C@@H](CO)[C@H](OC)[C@H](CO)OC. The highest BCUT2D eigenvalue weighted by Gasteiger charge is 2.29. The molecule has 90 valence electrons. The summed E-state index contributed by atoms with van der Waals surface area (Å²) in [4.78, 5) is 0. The van der Waals surface area contributed by atoms with Crippen LogP contribution in [0.5, 0.6) is 0 Å². The molecular weight excluding hydrogens is 200 g/mol. The Morgan fingerprint density at radius 2 is 1.73 bits per heavy atom. The van der Waals surface area contributed by atoms with Gasteiger partial charge in [-0.2, -0.15) is 0 Å². The van der Waals surface area contributed by atoms with E-state index in [-0.39, 0.29) is 13.2 Å². The summed E-state index contributed by atoms with van der Waals surface area (Å²) < 4.78 is 15.5. The molecule has 0 rings (SSSR count). The van der Waals surface area contributed by atoms with Gasteiger partial charge in [-0.05, 0) is 0 Å². The van der Waals surface area contributed by atoms with Crippen molar-refractivity contribution in [1.29, 1.82) is 0 Å². The maximum Gasteiger partial charge on any atom is 0.114 e. The first-order valence-electron chi connectivity index (χ1n) is 4.74. The highest BCUT2D eigenvalue weighted by Crippen LogP contribution is 2.10. The van der Waals surface area contributed by atoms with Crippen LogP contribution >= 0.6 is 0 Å². The molecule has 0 aromatic rings. The molecule has 0 spiro atoms. The van der Waals surface area contributed by atoms with Crippen molar-refractivity contribution in [3.8, 4) is 0 Å². The molecule has 0 heterocycles. The van der Waals surface area contributed by atoms with Crippen molar-refractivity contribution in [2.24, 2.45) is 0 Å². The maximum atomic E-state index is 9.12. The Kier molecular flexibility index (Phi) is 8.55. The molecule has 0 aromatic heterocycles. The highest BCUT2D eigenvalue weighted by atomic mass is 16.6. The summed E-state index contributed by atoms with van der Waals surface area (Å²) in [5.74, 6) is 0. The third-order valence-corrected chi connectivity index (χ3v) is 2.10. The molecule has 0 unspecified atom stereocenters. The predicted molar refractivity (Wildman–Crippen MR) is 55.7 cm³/mol. The first kappa shape index (κ1) is 14.5. The van der Waals surface area contributed by atoms with Gasteiger partial charge in [0.05, 0.1) is 19.8 Å². The molecule has 0 aliphatic heterocycles. The van der Waals surface area contributed by atoms with Crippen LogP contribution in [0.1, 0.15) is 0 Å². The van der Waals surface area contributed by atoms with Crippen LogP contribution < -0.4 is 0 Å². The third kappa shape index (κ3) is 4.72. The van der Waals surface area contributed by atoms with Gasteiger partial charge in [0.25, 0.3) is 0 Å². The molecule has 0 aliphatic carbocycles. The summed E-state index contributed by atoms with van der Waals surface area (Å²) in [7, 11) is 2.95. The van der Waals surface area contributed by atoms with E-state index in [1.807, 2.05) is 0 Å². The predicted octanol–water partition coefficient (Wildman–Crippen LogP) is -0.428. The molecule has 2 N–H and O–H groups in total. The molecule has 5 nitrogen and oxygen atoms in total. The van der Waals surface area contributed by atoms with Crippen LogP contribution in [-0.2, 0) is 14.2 Å². The number of rotatable bonds is 9. The van der Waals surface area contributed by atoms with Crippen molar-refractivity contribution in [3.05, 3.63) is 12.7 Å². The fourth-order valence-electron chi connectivity index (χ4n) is 1.30. The van der Waals surface area contributed by atoms with Crippen molar-refractivity contribution >= 4 is 0 Å². The zero-order valence-electron chi connectivity index (χ0n) is 9.26. The van der Waals surface area contributed by atoms with Crippen LogP contribution in [0.3, 0.4) is 0 Å². The molecule has 0 bridgehead atoms. The van der Waals surface area contributed by atoms with E-state index in [9.17, 15) is 0 Å². The third-order valence-electron chi connectivity index (χ3n) is 2.10. The normalized spacial score (nSPS) is 17.1. The van der Waals surface area contributed by atoms with E-state index < -0.39 is 18.3 Å². The fraction of sp³-hybridized carbons (Fsp3) is 0.800. The second-order valence-corrected chi connectivity index (χ2v) is 3.00. The zero-order valence-corrected chi connectivity index (χ0v) is 9.26. The molecule has 0 saturated heterocycles. The molecule has 3 atom stereocenters. The summed E-state index contributed by atoms with van der Waals surface area (Å²) in [6, 6.07) is 0. The molecule has 5 heteroatoms. The molecule has 0 fully saturated rings. The Bertz CT molecular complexity index is 158. The number of hydrogen-bond acceptors (Lipinski definition) is 5. The minimum absolute atomic E-state index is 0.192. The number of hydrogen-bond donors (Lipinski definition) is 2. The van der Waals surface area contributed by atoms with E-state index in [0.29, 0.717) is 6.61 Å². The fourth-order valence-corrected chi connectivity index (χ4v) is 1.30. The van der Waals surface area contributed by atoms with Gasteiger partial charge in [-0.15, -0.1) is 6.58 Å². The van der Waals surface area contributed by atoms with Gasteiger partial charge in [-0.3, -0.25) is 0 Å². The van der Waals surface area contributed by atoms with Crippen molar-refractivity contribution in [1.82, 2.24) is 0 Å². The number of aliphatic hydroxyl groups excluding tert-OH is 2. The van der Waals surface area contributed by atoms with E-state index in [1.54, 1.807) is 6.08 Å². The van der Waals surface area contributed by atoms with Gasteiger partial charge in [-0.25, -0.2) is 0 Å². The molecule has 0 saturated carbocycles. The van der Waals surface area contributed by atoms with Crippen LogP contribution in [0, 0.1) is 0 Å². The lowest BCUT2D eigenvalue weighted by Crippen LogP contribution is -2.45. The first-order valence-corrected chi connectivity index (χ1v) is 4.74. The van der Waals surface area contributed by atoms with E-state index in [1.165, 1.54) is 14.2 Å². The van der Waals surface area contributed by atoms with Gasteiger partial charge >= 0.3 is 0 Å². The van der Waals surface area contributed by atoms with Crippen molar-refractivity contribution < 1.29 is 24.4 Å². The lowest BCUT2D eigenvalue weighted by atomic mass is 10.1. The molecule has 0 aromatic carbocycles. The van der Waals surface area contributed by atoms with E-state index in [0.717, 1.165) is 0 Å². The van der Waals surface area contributed by atoms with E-state index in [2.05, 4.69) is 6.58 Å². The van der Waals surface area contributed by atoms with Gasteiger partial charge in [-0.1, -0.05) is 6.08 Å². The summed E-state index contributed by atoms with van der Waals surface area (Å²) in [6.07, 6.45) is 0.0166. The standard InChI is InChI=1S/C10H20O5/c1-4-5-15-9(7-12)10(14-3)8(6-11)13-2/h4,8-12H,1,5-7H2,2-3H3/t8-,9-,10+/m0/s1. The Balaban J connectivity index is 4.35. The number of methoxy groups -OCH3 is 2. The lowest BCUT2D eigenvalue weighted by molar-refractivity contribution is -0.136. The summed E-state index contributed by atoms with van der Waals surface area (Å²) in [5.41, 5.74) is 0. The highest BCUT2D eigenvalue weighted by molar-refractivity contribution is 4.79. The number of ether oxygens (including phenoxy) is 3. The van der Waals surface area contributed by atoms with Crippen molar-refractivity contribution in [2.75, 3.05) is 34.0 Å². The minimum atomic E-state index is -0.537. The van der Waals surface area contributed by atoms with Gasteiger partial charge in [0.15, 0.2) is 0 Å². The van der Waals surface area contributed by atoms with Gasteiger partial charge in [0.2, 0.25) is 0 Å². The average Bonchev–Trinajstić information content (AvgIpc) is 2.28. The Morgan fingerprint density at radius 1 is 1.13 bits per heavy atom. The van der Waals surface area contributed by atoms with Gasteiger partial charge in [0.1, 0.15) is 18.3 Å². The van der Waals surface area contributed by atoms with Crippen molar-refractivity contribution in [2.45, 2.75) is 18.3 Å². The van der Waals surface area contributed by atoms with E-state index in [4.69, 9.17) is 24.4 Å². The van der Waals surface area contributed by atoms with Crippen LogP contribution in [0.15, 0.2) is 12.7 Å². The lowest BCUT2D eigenvalue weighted by Gasteiger charge is -2.29. The Morgan fingerprint density at radius 3 is 2.07 bits per heavy atom. The summed E-state index contributed by atoms with van der Waals surface area (Å²) in [5, 5.41) is 18.2. The average molecular weight is 220 g/mol. The molecule has 0 amide bonds. The smallest absolute Gasteiger partial charge is 0.114 e. The molecular formula is C10H20O5. The summed E-state index contributed by atoms with van der Waals surface area (Å²) in [6.45, 7) is 3.43. The second-order valence-electron chi connectivity index (χ2n) is 3.00. The Hall–Kier alpha value is -0.460. The minimum Gasteiger partial charge on any atom is -0.394 e. The van der Waals surface area contributed by atoms with Gasteiger partial charge in [0, 0.05) is 14.2 Å². The zero-order chi connectivity index (χ0) is 11.7. The monoisotopic (exact) mass is 220 g/mol. The van der Waals surface area contributed by atoms with Crippen LogP contribution in [0.25, 0.3) is 0 Å². The van der Waals surface area contributed by atoms with Crippen molar-refractivity contribution in [3.63, 3.8) is 0 Å². The molecule has 0 aliphatic rings. The Labute approximate surface area is 90.3 Å². The number of aliphatic hydroxyl groups is 2. The maximum absolute atomic E-state index is 9.12. The van der Waals surface area contributed by atoms with E-state index >= 15 is 0 Å². The molecule has 0 radical (unpaired) electrons. The topological polar surface area (TPSA) is 68.2 Å². The largest absolute Gasteiger partial charge is 0.394 e. The van der Waals surface area contributed by atoms with Crippen LogP contribution in [0.4, 0.5) is 0 Å². The summed E-state index contributed by atoms with van der Waals surface area (Å²) >= 11 is 0. The van der Waals surface area contributed by atoms with Crippen LogP contribution in [0.2, 0.25) is 0 Å².